The quantitative estimate of drug-likeness (QED) is 0.526. The molecule has 0 aliphatic carbocycles. The molecule has 0 radical (unpaired) electrons. The summed E-state index contributed by atoms with van der Waals surface area (Å²) in [4.78, 5) is 13.7. The maximum Gasteiger partial charge on any atom is 0.234 e. The van der Waals surface area contributed by atoms with E-state index >= 15 is 0 Å². The van der Waals surface area contributed by atoms with Crippen LogP contribution in [0.3, 0.4) is 0 Å². The van der Waals surface area contributed by atoms with Gasteiger partial charge in [0.25, 0.3) is 0 Å². The summed E-state index contributed by atoms with van der Waals surface area (Å²) in [6.45, 7) is 6.22. The first kappa shape index (κ1) is 21.3. The molecule has 9 heteroatoms. The van der Waals surface area contributed by atoms with Crippen molar-refractivity contribution in [3.05, 3.63) is 0 Å². The van der Waals surface area contributed by atoms with E-state index in [0.717, 1.165) is 13.0 Å². The molecular formula is C15H31N3O5S. The minimum Gasteiger partial charge on any atom is -0.385 e. The molecule has 0 aromatic carbocycles. The van der Waals surface area contributed by atoms with Gasteiger partial charge in [0.05, 0.1) is 24.5 Å². The second kappa shape index (κ2) is 10.3. The molecule has 1 aliphatic heterocycles. The van der Waals surface area contributed by atoms with Gasteiger partial charge in [0.1, 0.15) is 0 Å². The second-order valence-corrected chi connectivity index (χ2v) is 8.41. The van der Waals surface area contributed by atoms with E-state index in [0.29, 0.717) is 19.7 Å². The van der Waals surface area contributed by atoms with Gasteiger partial charge in [-0.1, -0.05) is 0 Å². The first-order valence-electron chi connectivity index (χ1n) is 8.32. The number of nitrogens with one attached hydrogen (secondary N) is 1. The number of carbonyl (C=O) groups is 1. The highest BCUT2D eigenvalue weighted by atomic mass is 32.2. The van der Waals surface area contributed by atoms with Gasteiger partial charge in [-0.3, -0.25) is 9.69 Å². The molecule has 0 spiro atoms. The van der Waals surface area contributed by atoms with E-state index in [2.05, 4.69) is 5.32 Å². The Morgan fingerprint density at radius 3 is 2.54 bits per heavy atom. The lowest BCUT2D eigenvalue weighted by Gasteiger charge is -2.34. The van der Waals surface area contributed by atoms with Crippen LogP contribution in [0.5, 0.6) is 0 Å². The summed E-state index contributed by atoms with van der Waals surface area (Å²) in [5.74, 6) is -0.264. The van der Waals surface area contributed by atoms with Gasteiger partial charge in [0.2, 0.25) is 15.9 Å². The van der Waals surface area contributed by atoms with Gasteiger partial charge in [-0.15, -0.1) is 0 Å². The first-order chi connectivity index (χ1) is 11.2. The van der Waals surface area contributed by atoms with E-state index in [-0.39, 0.29) is 37.0 Å². The molecule has 2 unspecified atom stereocenters. The number of likely N-dealkylation sites (N-methyl/N-ethyl adjacent to an activating group) is 1. The first-order valence-corrected chi connectivity index (χ1v) is 9.93. The highest BCUT2D eigenvalue weighted by molar-refractivity contribution is 7.89. The zero-order valence-corrected chi connectivity index (χ0v) is 16.0. The molecule has 0 aromatic heterocycles. The van der Waals surface area contributed by atoms with Crippen molar-refractivity contribution in [3.8, 4) is 0 Å². The summed E-state index contributed by atoms with van der Waals surface area (Å²) in [7, 11) is 0.109. The van der Waals surface area contributed by atoms with Crippen LogP contribution in [0, 0.1) is 0 Å². The predicted molar refractivity (Wildman–Crippen MR) is 92.4 cm³/mol. The maximum absolute atomic E-state index is 12.3. The second-order valence-electron chi connectivity index (χ2n) is 6.32. The molecule has 24 heavy (non-hydrogen) atoms. The molecular weight excluding hydrogens is 334 g/mol. The van der Waals surface area contributed by atoms with E-state index in [9.17, 15) is 13.2 Å². The zero-order valence-electron chi connectivity index (χ0n) is 15.2. The monoisotopic (exact) mass is 365 g/mol. The molecule has 1 aliphatic rings. The third-order valence-electron chi connectivity index (χ3n) is 3.76. The Hall–Kier alpha value is -0.740. The molecule has 142 valence electrons. The largest absolute Gasteiger partial charge is 0.385 e. The molecule has 0 saturated carbocycles. The number of rotatable bonds is 10. The number of methoxy groups -OCH3 is 1. The normalized spacial score (nSPS) is 22.7. The van der Waals surface area contributed by atoms with Gasteiger partial charge in [0.15, 0.2) is 0 Å². The fraction of sp³-hybridized carbons (Fsp3) is 0.933. The molecule has 1 amide bonds. The zero-order chi connectivity index (χ0) is 18.2. The van der Waals surface area contributed by atoms with Crippen molar-refractivity contribution < 1.29 is 22.7 Å². The lowest BCUT2D eigenvalue weighted by molar-refractivity contribution is -0.121. The summed E-state index contributed by atoms with van der Waals surface area (Å²) in [6.07, 6.45) is 0.625. The Bertz CT molecular complexity index is 476. The van der Waals surface area contributed by atoms with Crippen LogP contribution in [0.4, 0.5) is 0 Å². The van der Waals surface area contributed by atoms with Gasteiger partial charge in [-0.25, -0.2) is 8.42 Å². The maximum atomic E-state index is 12.3. The van der Waals surface area contributed by atoms with Gasteiger partial charge in [-0.2, -0.15) is 4.31 Å². The van der Waals surface area contributed by atoms with Crippen LogP contribution in [0.15, 0.2) is 0 Å². The Morgan fingerprint density at radius 1 is 1.33 bits per heavy atom. The summed E-state index contributed by atoms with van der Waals surface area (Å²) in [6, 6.07) is 0. The Balaban J connectivity index is 2.31. The van der Waals surface area contributed by atoms with Gasteiger partial charge < -0.3 is 14.8 Å². The minimum absolute atomic E-state index is 0.0917. The fourth-order valence-electron chi connectivity index (χ4n) is 2.67. The lowest BCUT2D eigenvalue weighted by atomic mass is 10.3. The summed E-state index contributed by atoms with van der Waals surface area (Å²) in [5.41, 5.74) is 0. The molecule has 1 fully saturated rings. The molecule has 0 aromatic rings. The smallest absolute Gasteiger partial charge is 0.234 e. The number of carbonyl (C=O) groups excluding carboxylic acids is 1. The van der Waals surface area contributed by atoms with Gasteiger partial charge >= 0.3 is 0 Å². The van der Waals surface area contributed by atoms with Gasteiger partial charge in [-0.05, 0) is 27.3 Å². The van der Waals surface area contributed by atoms with E-state index in [1.54, 1.807) is 7.11 Å². The molecule has 1 saturated heterocycles. The average Bonchev–Trinajstić information content (AvgIpc) is 2.46. The third kappa shape index (κ3) is 7.89. The molecule has 1 heterocycles. The Labute approximate surface area is 145 Å². The van der Waals surface area contributed by atoms with Crippen LogP contribution in [0.25, 0.3) is 0 Å². The van der Waals surface area contributed by atoms with Crippen molar-refractivity contribution in [2.75, 3.05) is 59.2 Å². The van der Waals surface area contributed by atoms with Crippen LogP contribution >= 0.6 is 0 Å². The predicted octanol–water partition coefficient (Wildman–Crippen LogP) is -0.490. The van der Waals surface area contributed by atoms with Crippen molar-refractivity contribution in [2.24, 2.45) is 0 Å². The minimum atomic E-state index is -3.38. The van der Waals surface area contributed by atoms with Crippen molar-refractivity contribution >= 4 is 15.9 Å². The molecule has 0 bridgehead atoms. The van der Waals surface area contributed by atoms with E-state index in [4.69, 9.17) is 9.47 Å². The Kier molecular flexibility index (Phi) is 9.14. The number of sulfonamides is 1. The van der Waals surface area contributed by atoms with Crippen LogP contribution in [-0.4, -0.2) is 95.0 Å². The highest BCUT2D eigenvalue weighted by Gasteiger charge is 2.30. The standard InChI is InChI=1S/C15H31N3O5S/c1-13-10-18(11-14(2)23-13)24(20,21)9-6-16-15(19)12-17(3)7-5-8-22-4/h13-14H,5-12H2,1-4H3,(H,16,19). The number of ether oxygens (including phenoxy) is 2. The molecule has 8 nitrogen and oxygen atoms in total. The van der Waals surface area contributed by atoms with E-state index in [1.807, 2.05) is 25.8 Å². The lowest BCUT2D eigenvalue weighted by Crippen LogP contribution is -2.50. The Morgan fingerprint density at radius 2 is 1.96 bits per heavy atom. The SMILES string of the molecule is COCCCN(C)CC(=O)NCCS(=O)(=O)N1CC(C)OC(C)C1. The summed E-state index contributed by atoms with van der Waals surface area (Å²) in [5, 5.41) is 2.67. The van der Waals surface area contributed by atoms with Crippen molar-refractivity contribution in [2.45, 2.75) is 32.5 Å². The average molecular weight is 365 g/mol. The van der Waals surface area contributed by atoms with Crippen LogP contribution in [-0.2, 0) is 24.3 Å². The summed E-state index contributed by atoms with van der Waals surface area (Å²) < 4.78 is 36.7. The molecule has 1 rings (SSSR count). The van der Waals surface area contributed by atoms with Crippen molar-refractivity contribution in [1.29, 1.82) is 0 Å². The van der Waals surface area contributed by atoms with Crippen LogP contribution in [0.1, 0.15) is 20.3 Å². The highest BCUT2D eigenvalue weighted by Crippen LogP contribution is 2.14. The summed E-state index contributed by atoms with van der Waals surface area (Å²) >= 11 is 0. The topological polar surface area (TPSA) is 88.2 Å². The van der Waals surface area contributed by atoms with Crippen LogP contribution in [0.2, 0.25) is 0 Å². The van der Waals surface area contributed by atoms with Crippen LogP contribution < -0.4 is 5.32 Å². The van der Waals surface area contributed by atoms with E-state index < -0.39 is 10.0 Å². The number of amides is 1. The number of hydrogen-bond acceptors (Lipinski definition) is 6. The number of hydrogen-bond donors (Lipinski definition) is 1. The number of morpholine rings is 1. The fourth-order valence-corrected chi connectivity index (χ4v) is 4.16. The van der Waals surface area contributed by atoms with Crippen molar-refractivity contribution in [3.63, 3.8) is 0 Å². The molecule has 1 N–H and O–H groups in total. The van der Waals surface area contributed by atoms with Gasteiger partial charge in [0, 0.05) is 39.9 Å². The van der Waals surface area contributed by atoms with Crippen molar-refractivity contribution in [1.82, 2.24) is 14.5 Å². The number of nitrogens with zero attached hydrogens (tertiary/aromatic N) is 2. The third-order valence-corrected chi connectivity index (χ3v) is 5.57. The molecule has 2 atom stereocenters. The van der Waals surface area contributed by atoms with E-state index in [1.165, 1.54) is 4.31 Å².